The first-order valence-corrected chi connectivity index (χ1v) is 6.37. The number of hydrogen-bond acceptors (Lipinski definition) is 2. The molecule has 0 aromatic heterocycles. The number of halogens is 2. The molecule has 0 atom stereocenters. The van der Waals surface area contributed by atoms with Crippen molar-refractivity contribution < 1.29 is 9.18 Å². The van der Waals surface area contributed by atoms with E-state index in [9.17, 15) is 9.18 Å². The van der Waals surface area contributed by atoms with Crippen LogP contribution in [-0.2, 0) is 0 Å². The van der Waals surface area contributed by atoms with Crippen LogP contribution < -0.4 is 5.73 Å². The minimum Gasteiger partial charge on any atom is -0.338 e. The molecule has 2 N–H and O–H groups in total. The molecule has 0 bridgehead atoms. The number of likely N-dealkylation sites (tertiary alicyclic amines) is 1. The molecule has 2 rings (SSSR count). The van der Waals surface area contributed by atoms with E-state index in [1.54, 1.807) is 17.0 Å². The summed E-state index contributed by atoms with van der Waals surface area (Å²) in [5.41, 5.74) is 6.16. The van der Waals surface area contributed by atoms with Crippen molar-refractivity contribution in [1.82, 2.24) is 4.90 Å². The van der Waals surface area contributed by atoms with Gasteiger partial charge in [-0.25, -0.2) is 4.39 Å². The number of benzene rings is 1. The number of piperidine rings is 1. The van der Waals surface area contributed by atoms with Gasteiger partial charge in [0.25, 0.3) is 5.91 Å². The Morgan fingerprint density at radius 1 is 1.41 bits per heavy atom. The van der Waals surface area contributed by atoms with Crippen LogP contribution in [0.2, 0.25) is 0 Å². The van der Waals surface area contributed by atoms with Crippen LogP contribution in [0.1, 0.15) is 23.2 Å². The van der Waals surface area contributed by atoms with Gasteiger partial charge in [-0.15, -0.1) is 0 Å². The van der Waals surface area contributed by atoms with E-state index in [4.69, 9.17) is 5.73 Å². The van der Waals surface area contributed by atoms with Gasteiger partial charge in [-0.2, -0.15) is 0 Å². The highest BCUT2D eigenvalue weighted by Gasteiger charge is 2.23. The number of hydrogen-bond donors (Lipinski definition) is 1. The number of carbonyl (C=O) groups is 1. The van der Waals surface area contributed by atoms with Crippen molar-refractivity contribution in [3.63, 3.8) is 0 Å². The average Bonchev–Trinajstić information content (AvgIpc) is 2.33. The normalized spacial score (nSPS) is 17.2. The Balaban J connectivity index is 2.17. The average molecular weight is 301 g/mol. The lowest BCUT2D eigenvalue weighted by Gasteiger charge is -2.30. The lowest BCUT2D eigenvalue weighted by molar-refractivity contribution is 0.0713. The van der Waals surface area contributed by atoms with E-state index in [1.807, 2.05) is 0 Å². The van der Waals surface area contributed by atoms with Crippen LogP contribution in [0, 0.1) is 5.82 Å². The number of amides is 1. The molecule has 1 aromatic rings. The third-order valence-electron chi connectivity index (χ3n) is 3.01. The van der Waals surface area contributed by atoms with Crippen molar-refractivity contribution in [2.45, 2.75) is 18.9 Å². The van der Waals surface area contributed by atoms with Crippen LogP contribution >= 0.6 is 15.9 Å². The SMILES string of the molecule is NC1CCN(C(=O)c2cccc(F)c2Br)CC1. The van der Waals surface area contributed by atoms with E-state index in [0.29, 0.717) is 18.7 Å². The molecular weight excluding hydrogens is 287 g/mol. The lowest BCUT2D eigenvalue weighted by atomic mass is 10.0. The van der Waals surface area contributed by atoms with E-state index < -0.39 is 5.82 Å². The van der Waals surface area contributed by atoms with Crippen LogP contribution in [0.15, 0.2) is 22.7 Å². The molecule has 0 radical (unpaired) electrons. The van der Waals surface area contributed by atoms with Gasteiger partial charge in [-0.1, -0.05) is 6.07 Å². The summed E-state index contributed by atoms with van der Waals surface area (Å²) in [6.45, 7) is 1.28. The molecule has 0 spiro atoms. The first-order chi connectivity index (χ1) is 8.09. The maximum Gasteiger partial charge on any atom is 0.255 e. The zero-order valence-corrected chi connectivity index (χ0v) is 10.9. The van der Waals surface area contributed by atoms with Crippen molar-refractivity contribution in [2.24, 2.45) is 5.73 Å². The Morgan fingerprint density at radius 2 is 2.06 bits per heavy atom. The van der Waals surface area contributed by atoms with Gasteiger partial charge in [-0.05, 0) is 40.9 Å². The zero-order chi connectivity index (χ0) is 12.4. The second-order valence-corrected chi connectivity index (χ2v) is 5.02. The maximum atomic E-state index is 13.3. The lowest BCUT2D eigenvalue weighted by Crippen LogP contribution is -2.43. The van der Waals surface area contributed by atoms with Gasteiger partial charge in [0, 0.05) is 19.1 Å². The molecule has 1 aromatic carbocycles. The van der Waals surface area contributed by atoms with Crippen LogP contribution in [-0.4, -0.2) is 29.9 Å². The van der Waals surface area contributed by atoms with E-state index in [-0.39, 0.29) is 16.4 Å². The fourth-order valence-electron chi connectivity index (χ4n) is 1.94. The summed E-state index contributed by atoms with van der Waals surface area (Å²) in [6, 6.07) is 4.68. The Bertz CT molecular complexity index is 431. The van der Waals surface area contributed by atoms with Crippen molar-refractivity contribution in [2.75, 3.05) is 13.1 Å². The monoisotopic (exact) mass is 300 g/mol. The van der Waals surface area contributed by atoms with Crippen molar-refractivity contribution in [3.05, 3.63) is 34.1 Å². The van der Waals surface area contributed by atoms with Gasteiger partial charge in [0.1, 0.15) is 5.82 Å². The first kappa shape index (κ1) is 12.5. The van der Waals surface area contributed by atoms with Crippen molar-refractivity contribution >= 4 is 21.8 Å². The second kappa shape index (κ2) is 5.14. The molecule has 1 saturated heterocycles. The molecule has 92 valence electrons. The highest BCUT2D eigenvalue weighted by molar-refractivity contribution is 9.10. The first-order valence-electron chi connectivity index (χ1n) is 5.58. The quantitative estimate of drug-likeness (QED) is 0.864. The van der Waals surface area contributed by atoms with Crippen LogP contribution in [0.5, 0.6) is 0 Å². The molecule has 1 aliphatic heterocycles. The smallest absolute Gasteiger partial charge is 0.255 e. The Morgan fingerprint density at radius 3 is 2.71 bits per heavy atom. The highest BCUT2D eigenvalue weighted by Crippen LogP contribution is 2.23. The largest absolute Gasteiger partial charge is 0.338 e. The second-order valence-electron chi connectivity index (χ2n) is 4.23. The zero-order valence-electron chi connectivity index (χ0n) is 9.33. The van der Waals surface area contributed by atoms with Gasteiger partial charge < -0.3 is 10.6 Å². The summed E-state index contributed by atoms with van der Waals surface area (Å²) in [5.74, 6) is -0.548. The number of nitrogens with zero attached hydrogens (tertiary/aromatic N) is 1. The maximum absolute atomic E-state index is 13.3. The Hall–Kier alpha value is -0.940. The van der Waals surface area contributed by atoms with Gasteiger partial charge in [0.05, 0.1) is 10.0 Å². The summed E-state index contributed by atoms with van der Waals surface area (Å²) < 4.78 is 13.6. The number of carbonyl (C=O) groups excluding carboxylic acids is 1. The third-order valence-corrected chi connectivity index (χ3v) is 3.81. The summed E-state index contributed by atoms with van der Waals surface area (Å²) in [4.78, 5) is 13.9. The van der Waals surface area contributed by atoms with E-state index in [1.165, 1.54) is 6.07 Å². The van der Waals surface area contributed by atoms with Crippen LogP contribution in [0.3, 0.4) is 0 Å². The van der Waals surface area contributed by atoms with E-state index in [2.05, 4.69) is 15.9 Å². The predicted octanol–water partition coefficient (Wildman–Crippen LogP) is 2.15. The van der Waals surface area contributed by atoms with Gasteiger partial charge in [0.2, 0.25) is 0 Å². The van der Waals surface area contributed by atoms with E-state index >= 15 is 0 Å². The van der Waals surface area contributed by atoms with Gasteiger partial charge >= 0.3 is 0 Å². The Kier molecular flexibility index (Phi) is 3.79. The molecule has 3 nitrogen and oxygen atoms in total. The molecule has 0 saturated carbocycles. The van der Waals surface area contributed by atoms with Crippen molar-refractivity contribution in [1.29, 1.82) is 0 Å². The van der Waals surface area contributed by atoms with Crippen LogP contribution in [0.25, 0.3) is 0 Å². The number of rotatable bonds is 1. The molecule has 1 amide bonds. The van der Waals surface area contributed by atoms with E-state index in [0.717, 1.165) is 12.8 Å². The Labute approximate surface area is 108 Å². The van der Waals surface area contributed by atoms with Crippen molar-refractivity contribution in [3.8, 4) is 0 Å². The number of nitrogens with two attached hydrogens (primary N) is 1. The molecule has 1 fully saturated rings. The molecule has 0 unspecified atom stereocenters. The fraction of sp³-hybridized carbons (Fsp3) is 0.417. The summed E-state index contributed by atoms with van der Waals surface area (Å²) in [5, 5.41) is 0. The minimum atomic E-state index is -0.412. The standard InChI is InChI=1S/C12H14BrFN2O/c13-11-9(2-1-3-10(11)14)12(17)16-6-4-8(15)5-7-16/h1-3,8H,4-7,15H2. The summed E-state index contributed by atoms with van der Waals surface area (Å²) in [6.07, 6.45) is 1.61. The van der Waals surface area contributed by atoms with Gasteiger partial charge in [0.15, 0.2) is 0 Å². The molecule has 1 aliphatic rings. The molecule has 1 heterocycles. The molecule has 0 aliphatic carbocycles. The molecule has 17 heavy (non-hydrogen) atoms. The van der Waals surface area contributed by atoms with Gasteiger partial charge in [-0.3, -0.25) is 4.79 Å². The molecule has 5 heteroatoms. The summed E-state index contributed by atoms with van der Waals surface area (Å²) in [7, 11) is 0. The van der Waals surface area contributed by atoms with Crippen LogP contribution in [0.4, 0.5) is 4.39 Å². The molecular formula is C12H14BrFN2O. The summed E-state index contributed by atoms with van der Waals surface area (Å²) >= 11 is 3.11. The highest BCUT2D eigenvalue weighted by atomic mass is 79.9. The third kappa shape index (κ3) is 2.66. The predicted molar refractivity (Wildman–Crippen MR) is 67.2 cm³/mol. The minimum absolute atomic E-state index is 0.136. The topological polar surface area (TPSA) is 46.3 Å². The fourth-order valence-corrected chi connectivity index (χ4v) is 2.38.